The highest BCUT2D eigenvalue weighted by molar-refractivity contribution is 7.89. The molecule has 0 amide bonds. The normalized spacial score (nSPS) is 15.9. The molecule has 0 bridgehead atoms. The van der Waals surface area contributed by atoms with Crippen molar-refractivity contribution in [2.24, 2.45) is 5.92 Å². The van der Waals surface area contributed by atoms with Gasteiger partial charge in [-0.1, -0.05) is 18.9 Å². The van der Waals surface area contributed by atoms with Crippen molar-refractivity contribution in [3.63, 3.8) is 0 Å². The first-order valence-electron chi connectivity index (χ1n) is 6.23. The molecule has 0 spiro atoms. The number of aliphatic hydroxyl groups is 1. The summed E-state index contributed by atoms with van der Waals surface area (Å²) in [6, 6.07) is 4.84. The second-order valence-corrected chi connectivity index (χ2v) is 6.64. The van der Waals surface area contributed by atoms with Gasteiger partial charge in [0.25, 0.3) is 0 Å². The Kier molecular flexibility index (Phi) is 4.04. The van der Waals surface area contributed by atoms with E-state index >= 15 is 0 Å². The molecule has 0 aromatic heterocycles. The van der Waals surface area contributed by atoms with E-state index in [4.69, 9.17) is 5.11 Å². The number of sulfonamides is 1. The molecule has 0 unspecified atom stereocenters. The topological polar surface area (TPSA) is 66.4 Å². The Labute approximate surface area is 108 Å². The molecule has 5 heteroatoms. The highest BCUT2D eigenvalue weighted by Gasteiger charge is 2.22. The summed E-state index contributed by atoms with van der Waals surface area (Å²) in [5.74, 6) is 0.707. The Morgan fingerprint density at radius 3 is 2.72 bits per heavy atom. The predicted octanol–water partition coefficient (Wildman–Crippen LogP) is 1.57. The fourth-order valence-electron chi connectivity index (χ4n) is 1.87. The van der Waals surface area contributed by atoms with E-state index in [0.29, 0.717) is 18.0 Å². The Morgan fingerprint density at radius 1 is 1.39 bits per heavy atom. The first kappa shape index (κ1) is 13.5. The molecule has 1 aliphatic rings. The van der Waals surface area contributed by atoms with Crippen molar-refractivity contribution >= 4 is 10.0 Å². The summed E-state index contributed by atoms with van der Waals surface area (Å²) in [6.45, 7) is 2.20. The molecule has 1 saturated carbocycles. The van der Waals surface area contributed by atoms with E-state index in [1.807, 2.05) is 6.92 Å². The van der Waals surface area contributed by atoms with Crippen molar-refractivity contribution in [3.8, 4) is 0 Å². The van der Waals surface area contributed by atoms with Crippen molar-refractivity contribution in [2.45, 2.75) is 37.7 Å². The second-order valence-electron chi connectivity index (χ2n) is 4.88. The molecule has 1 aromatic rings. The van der Waals surface area contributed by atoms with Gasteiger partial charge in [-0.3, -0.25) is 0 Å². The number of hydrogen-bond donors (Lipinski definition) is 2. The van der Waals surface area contributed by atoms with Crippen LogP contribution in [0.1, 0.15) is 30.4 Å². The second kappa shape index (κ2) is 5.38. The molecule has 0 heterocycles. The third-order valence-electron chi connectivity index (χ3n) is 3.34. The number of aryl methyl sites for hydroxylation is 1. The minimum Gasteiger partial charge on any atom is -0.392 e. The van der Waals surface area contributed by atoms with E-state index in [1.54, 1.807) is 12.1 Å². The molecule has 4 nitrogen and oxygen atoms in total. The maximum absolute atomic E-state index is 12.0. The maximum atomic E-state index is 12.0. The van der Waals surface area contributed by atoms with Gasteiger partial charge < -0.3 is 5.11 Å². The third-order valence-corrected chi connectivity index (χ3v) is 4.80. The SMILES string of the molecule is Cc1ccc(S(=O)(=O)NCCC2CC2)cc1CO. The molecule has 18 heavy (non-hydrogen) atoms. The van der Waals surface area contributed by atoms with Gasteiger partial charge in [0.1, 0.15) is 0 Å². The van der Waals surface area contributed by atoms with Gasteiger partial charge in [0.05, 0.1) is 11.5 Å². The van der Waals surface area contributed by atoms with Gasteiger partial charge in [0.15, 0.2) is 0 Å². The predicted molar refractivity (Wildman–Crippen MR) is 69.6 cm³/mol. The summed E-state index contributed by atoms with van der Waals surface area (Å²) in [4.78, 5) is 0.230. The van der Waals surface area contributed by atoms with Gasteiger partial charge in [0, 0.05) is 6.54 Å². The van der Waals surface area contributed by atoms with Gasteiger partial charge in [-0.25, -0.2) is 13.1 Å². The lowest BCUT2D eigenvalue weighted by molar-refractivity contribution is 0.280. The Balaban J connectivity index is 2.07. The Bertz CT molecular complexity index is 521. The number of hydrogen-bond acceptors (Lipinski definition) is 3. The van der Waals surface area contributed by atoms with E-state index in [1.165, 1.54) is 18.9 Å². The minimum atomic E-state index is -3.44. The lowest BCUT2D eigenvalue weighted by atomic mass is 10.1. The summed E-state index contributed by atoms with van der Waals surface area (Å²) in [5, 5.41) is 9.15. The Morgan fingerprint density at radius 2 is 2.11 bits per heavy atom. The zero-order valence-corrected chi connectivity index (χ0v) is 11.3. The highest BCUT2D eigenvalue weighted by atomic mass is 32.2. The van der Waals surface area contributed by atoms with Crippen molar-refractivity contribution in [1.29, 1.82) is 0 Å². The average molecular weight is 269 g/mol. The smallest absolute Gasteiger partial charge is 0.240 e. The van der Waals surface area contributed by atoms with Crippen LogP contribution in [0.2, 0.25) is 0 Å². The molecule has 0 atom stereocenters. The Hall–Kier alpha value is -0.910. The largest absolute Gasteiger partial charge is 0.392 e. The standard InChI is InChI=1S/C13H19NO3S/c1-10-2-5-13(8-12(10)9-15)18(16,17)14-7-6-11-3-4-11/h2,5,8,11,14-15H,3-4,6-7,9H2,1H3. The van der Waals surface area contributed by atoms with Crippen LogP contribution < -0.4 is 4.72 Å². The van der Waals surface area contributed by atoms with E-state index in [9.17, 15) is 8.42 Å². The molecular weight excluding hydrogens is 250 g/mol. The van der Waals surface area contributed by atoms with Crippen molar-refractivity contribution < 1.29 is 13.5 Å². The van der Waals surface area contributed by atoms with Crippen LogP contribution in [0.25, 0.3) is 0 Å². The number of benzene rings is 1. The molecule has 1 fully saturated rings. The number of nitrogens with one attached hydrogen (secondary N) is 1. The van der Waals surface area contributed by atoms with Crippen LogP contribution in [0.4, 0.5) is 0 Å². The van der Waals surface area contributed by atoms with E-state index in [-0.39, 0.29) is 11.5 Å². The van der Waals surface area contributed by atoms with Crippen LogP contribution in [0.5, 0.6) is 0 Å². The van der Waals surface area contributed by atoms with E-state index < -0.39 is 10.0 Å². The number of rotatable bonds is 6. The van der Waals surface area contributed by atoms with Crippen LogP contribution in [0, 0.1) is 12.8 Å². The molecule has 100 valence electrons. The van der Waals surface area contributed by atoms with Crippen LogP contribution >= 0.6 is 0 Å². The van der Waals surface area contributed by atoms with Crippen LogP contribution in [-0.2, 0) is 16.6 Å². The van der Waals surface area contributed by atoms with Crippen LogP contribution in [0.3, 0.4) is 0 Å². The molecule has 0 saturated heterocycles. The fourth-order valence-corrected chi connectivity index (χ4v) is 2.97. The molecule has 2 N–H and O–H groups in total. The monoisotopic (exact) mass is 269 g/mol. The van der Waals surface area contributed by atoms with E-state index in [0.717, 1.165) is 12.0 Å². The summed E-state index contributed by atoms with van der Waals surface area (Å²) < 4.78 is 26.6. The van der Waals surface area contributed by atoms with Gasteiger partial charge in [0.2, 0.25) is 10.0 Å². The summed E-state index contributed by atoms with van der Waals surface area (Å²) in [7, 11) is -3.44. The van der Waals surface area contributed by atoms with Crippen LogP contribution in [0.15, 0.2) is 23.1 Å². The number of aliphatic hydroxyl groups excluding tert-OH is 1. The average Bonchev–Trinajstić information content (AvgIpc) is 3.13. The lowest BCUT2D eigenvalue weighted by Crippen LogP contribution is -2.25. The summed E-state index contributed by atoms with van der Waals surface area (Å²) in [6.07, 6.45) is 3.36. The van der Waals surface area contributed by atoms with Crippen LogP contribution in [-0.4, -0.2) is 20.1 Å². The minimum absolute atomic E-state index is 0.142. The first-order chi connectivity index (χ1) is 8.53. The molecule has 0 aliphatic heterocycles. The summed E-state index contributed by atoms with van der Waals surface area (Å²) >= 11 is 0. The van der Waals surface area contributed by atoms with Crippen molar-refractivity contribution in [3.05, 3.63) is 29.3 Å². The van der Waals surface area contributed by atoms with Crippen molar-refractivity contribution in [2.75, 3.05) is 6.54 Å². The van der Waals surface area contributed by atoms with Gasteiger partial charge in [-0.2, -0.15) is 0 Å². The molecule has 2 rings (SSSR count). The van der Waals surface area contributed by atoms with Crippen molar-refractivity contribution in [1.82, 2.24) is 4.72 Å². The third kappa shape index (κ3) is 3.31. The zero-order chi connectivity index (χ0) is 13.2. The highest BCUT2D eigenvalue weighted by Crippen LogP contribution is 2.31. The molecule has 1 aromatic carbocycles. The fraction of sp³-hybridized carbons (Fsp3) is 0.538. The zero-order valence-electron chi connectivity index (χ0n) is 10.5. The quantitative estimate of drug-likeness (QED) is 0.823. The van der Waals surface area contributed by atoms with Gasteiger partial charge >= 0.3 is 0 Å². The van der Waals surface area contributed by atoms with E-state index in [2.05, 4.69) is 4.72 Å². The van der Waals surface area contributed by atoms with Gasteiger partial charge in [-0.15, -0.1) is 0 Å². The molecular formula is C13H19NO3S. The maximum Gasteiger partial charge on any atom is 0.240 e. The lowest BCUT2D eigenvalue weighted by Gasteiger charge is -2.09. The van der Waals surface area contributed by atoms with Gasteiger partial charge in [-0.05, 0) is 42.5 Å². The molecule has 1 aliphatic carbocycles. The first-order valence-corrected chi connectivity index (χ1v) is 7.71. The molecule has 0 radical (unpaired) electrons. The summed E-state index contributed by atoms with van der Waals surface area (Å²) in [5.41, 5.74) is 1.55.